The van der Waals surface area contributed by atoms with Crippen molar-refractivity contribution in [2.75, 3.05) is 32.1 Å². The van der Waals surface area contributed by atoms with Crippen molar-refractivity contribution in [3.63, 3.8) is 0 Å². The molecular weight excluding hydrogens is 252 g/mol. The summed E-state index contributed by atoms with van der Waals surface area (Å²) in [6, 6.07) is 4.08. The number of pyridine rings is 1. The van der Waals surface area contributed by atoms with E-state index < -0.39 is 0 Å². The molecule has 1 aromatic heterocycles. The third-order valence-electron chi connectivity index (χ3n) is 4.04. The van der Waals surface area contributed by atoms with Gasteiger partial charge in [0.05, 0.1) is 5.56 Å². The van der Waals surface area contributed by atoms with E-state index in [2.05, 4.69) is 16.8 Å². The van der Waals surface area contributed by atoms with Crippen LogP contribution in [0.2, 0.25) is 0 Å². The fourth-order valence-electron chi connectivity index (χ4n) is 2.65. The predicted molar refractivity (Wildman–Crippen MR) is 80.8 cm³/mol. The molecule has 1 fully saturated rings. The predicted octanol–water partition coefficient (Wildman–Crippen LogP) is 1.35. The normalized spacial score (nSPS) is 22.7. The van der Waals surface area contributed by atoms with Crippen LogP contribution in [0.4, 0.5) is 5.82 Å². The minimum atomic E-state index is -0.0175. The smallest absolute Gasteiger partial charge is 0.254 e. The summed E-state index contributed by atoms with van der Waals surface area (Å²) in [7, 11) is 3.49. The lowest BCUT2D eigenvalue weighted by molar-refractivity contribution is 0.0827. The van der Waals surface area contributed by atoms with Crippen LogP contribution in [0.15, 0.2) is 18.3 Å². The van der Waals surface area contributed by atoms with E-state index in [1.54, 1.807) is 25.2 Å². The van der Waals surface area contributed by atoms with Crippen molar-refractivity contribution in [2.45, 2.75) is 25.8 Å². The molecule has 0 bridgehead atoms. The molecule has 2 rings (SSSR count). The lowest BCUT2D eigenvalue weighted by atomic mass is 9.91. The summed E-state index contributed by atoms with van der Waals surface area (Å²) in [4.78, 5) is 20.1. The van der Waals surface area contributed by atoms with E-state index in [9.17, 15) is 4.79 Å². The Kier molecular flexibility index (Phi) is 4.60. The van der Waals surface area contributed by atoms with Gasteiger partial charge in [-0.3, -0.25) is 4.79 Å². The van der Waals surface area contributed by atoms with Crippen molar-refractivity contribution < 1.29 is 4.79 Å². The maximum absolute atomic E-state index is 11.8. The average Bonchev–Trinajstić information content (AvgIpc) is 2.47. The molecular formula is C15H24N4O. The number of nitrogens with zero attached hydrogens (tertiary/aromatic N) is 3. The number of rotatable bonds is 3. The quantitative estimate of drug-likeness (QED) is 0.905. The summed E-state index contributed by atoms with van der Waals surface area (Å²) in [5.74, 6) is 1.44. The monoisotopic (exact) mass is 276 g/mol. The van der Waals surface area contributed by atoms with Gasteiger partial charge in [-0.25, -0.2) is 4.98 Å². The Morgan fingerprint density at radius 3 is 2.80 bits per heavy atom. The molecule has 2 unspecified atom stereocenters. The van der Waals surface area contributed by atoms with Crippen LogP contribution in [-0.2, 0) is 0 Å². The van der Waals surface area contributed by atoms with E-state index in [0.29, 0.717) is 17.5 Å². The van der Waals surface area contributed by atoms with E-state index in [-0.39, 0.29) is 5.91 Å². The molecule has 1 aliphatic rings. The third kappa shape index (κ3) is 3.10. The third-order valence-corrected chi connectivity index (χ3v) is 4.04. The van der Waals surface area contributed by atoms with Gasteiger partial charge in [0.2, 0.25) is 0 Å². The number of carbonyl (C=O) groups is 1. The summed E-state index contributed by atoms with van der Waals surface area (Å²) < 4.78 is 0. The van der Waals surface area contributed by atoms with E-state index >= 15 is 0 Å². The number of hydrogen-bond acceptors (Lipinski definition) is 4. The molecule has 20 heavy (non-hydrogen) atoms. The first-order valence-corrected chi connectivity index (χ1v) is 7.21. The summed E-state index contributed by atoms with van der Waals surface area (Å²) in [5, 5.41) is 0. The fraction of sp³-hybridized carbons (Fsp3) is 0.600. The van der Waals surface area contributed by atoms with Gasteiger partial charge in [0.1, 0.15) is 5.82 Å². The highest BCUT2D eigenvalue weighted by molar-refractivity contribution is 5.93. The van der Waals surface area contributed by atoms with Gasteiger partial charge in [0.25, 0.3) is 5.91 Å². The molecule has 2 atom stereocenters. The Bertz CT molecular complexity index is 457. The van der Waals surface area contributed by atoms with E-state index in [1.165, 1.54) is 0 Å². The molecule has 1 aromatic rings. The zero-order chi connectivity index (χ0) is 14.7. The molecule has 0 saturated carbocycles. The van der Waals surface area contributed by atoms with Crippen LogP contribution in [0.25, 0.3) is 0 Å². The fourth-order valence-corrected chi connectivity index (χ4v) is 2.65. The van der Waals surface area contributed by atoms with Crippen molar-refractivity contribution in [2.24, 2.45) is 11.7 Å². The van der Waals surface area contributed by atoms with Gasteiger partial charge in [-0.2, -0.15) is 0 Å². The van der Waals surface area contributed by atoms with Crippen LogP contribution < -0.4 is 10.6 Å². The Balaban J connectivity index is 2.08. The number of nitrogens with two attached hydrogens (primary N) is 1. The summed E-state index contributed by atoms with van der Waals surface area (Å²) in [5.41, 5.74) is 6.75. The molecule has 1 saturated heterocycles. The van der Waals surface area contributed by atoms with Crippen LogP contribution in [0.5, 0.6) is 0 Å². The number of anilines is 1. The highest BCUT2D eigenvalue weighted by Gasteiger charge is 2.26. The van der Waals surface area contributed by atoms with Crippen molar-refractivity contribution >= 4 is 11.7 Å². The Morgan fingerprint density at radius 2 is 2.25 bits per heavy atom. The minimum absolute atomic E-state index is 0.0175. The van der Waals surface area contributed by atoms with Crippen LogP contribution in [0, 0.1) is 5.92 Å². The number of piperidine rings is 1. The van der Waals surface area contributed by atoms with Gasteiger partial charge in [0.15, 0.2) is 0 Å². The second-order valence-electron chi connectivity index (χ2n) is 5.67. The van der Waals surface area contributed by atoms with Crippen molar-refractivity contribution in [1.82, 2.24) is 9.88 Å². The molecule has 5 heteroatoms. The number of hydrogen-bond donors (Lipinski definition) is 1. The second kappa shape index (κ2) is 6.22. The first-order chi connectivity index (χ1) is 9.52. The molecule has 0 aliphatic carbocycles. The standard InChI is InChI=1S/C15H24N4O/c1-4-11-10-19(8-7-13(11)16)14-6-5-12(9-17-14)15(20)18(2)3/h5-6,9,11,13H,4,7-8,10,16H2,1-3H3. The van der Waals surface area contributed by atoms with Crippen molar-refractivity contribution in [3.8, 4) is 0 Å². The summed E-state index contributed by atoms with van der Waals surface area (Å²) >= 11 is 0. The van der Waals surface area contributed by atoms with Gasteiger partial charge in [-0.05, 0) is 24.5 Å². The summed E-state index contributed by atoms with van der Waals surface area (Å²) in [6.07, 6.45) is 3.75. The highest BCUT2D eigenvalue weighted by atomic mass is 16.2. The molecule has 1 amide bonds. The molecule has 2 N–H and O–H groups in total. The van der Waals surface area contributed by atoms with Crippen LogP contribution >= 0.6 is 0 Å². The number of aromatic nitrogens is 1. The van der Waals surface area contributed by atoms with Crippen LogP contribution in [0.1, 0.15) is 30.1 Å². The molecule has 1 aliphatic heterocycles. The molecule has 0 spiro atoms. The van der Waals surface area contributed by atoms with Gasteiger partial charge >= 0.3 is 0 Å². The topological polar surface area (TPSA) is 62.5 Å². The average molecular weight is 276 g/mol. The summed E-state index contributed by atoms with van der Waals surface area (Å²) in [6.45, 7) is 4.07. The Labute approximate surface area is 120 Å². The zero-order valence-corrected chi connectivity index (χ0v) is 12.5. The Hall–Kier alpha value is -1.62. The van der Waals surface area contributed by atoms with Gasteiger partial charge in [-0.1, -0.05) is 13.3 Å². The number of carbonyl (C=O) groups excluding carboxylic acids is 1. The van der Waals surface area contributed by atoms with E-state index in [0.717, 1.165) is 31.7 Å². The molecule has 2 heterocycles. The van der Waals surface area contributed by atoms with E-state index in [4.69, 9.17) is 5.73 Å². The molecule has 110 valence electrons. The molecule has 5 nitrogen and oxygen atoms in total. The van der Waals surface area contributed by atoms with Crippen LogP contribution in [-0.4, -0.2) is 49.0 Å². The second-order valence-corrected chi connectivity index (χ2v) is 5.67. The first-order valence-electron chi connectivity index (χ1n) is 7.21. The SMILES string of the molecule is CCC1CN(c2ccc(C(=O)N(C)C)cn2)CCC1N. The number of amides is 1. The minimum Gasteiger partial charge on any atom is -0.356 e. The van der Waals surface area contributed by atoms with Crippen molar-refractivity contribution in [3.05, 3.63) is 23.9 Å². The lowest BCUT2D eigenvalue weighted by Crippen LogP contribution is -2.47. The largest absolute Gasteiger partial charge is 0.356 e. The maximum atomic E-state index is 11.8. The highest BCUT2D eigenvalue weighted by Crippen LogP contribution is 2.23. The maximum Gasteiger partial charge on any atom is 0.254 e. The van der Waals surface area contributed by atoms with Crippen LogP contribution in [0.3, 0.4) is 0 Å². The van der Waals surface area contributed by atoms with Gasteiger partial charge in [0, 0.05) is 39.4 Å². The van der Waals surface area contributed by atoms with E-state index in [1.807, 2.05) is 12.1 Å². The first kappa shape index (κ1) is 14.8. The Morgan fingerprint density at radius 1 is 1.50 bits per heavy atom. The lowest BCUT2D eigenvalue weighted by Gasteiger charge is -2.37. The zero-order valence-electron chi connectivity index (χ0n) is 12.5. The van der Waals surface area contributed by atoms with Gasteiger partial charge < -0.3 is 15.5 Å². The van der Waals surface area contributed by atoms with Gasteiger partial charge in [-0.15, -0.1) is 0 Å². The van der Waals surface area contributed by atoms with Crippen molar-refractivity contribution in [1.29, 1.82) is 0 Å². The molecule has 0 aromatic carbocycles. The molecule has 0 radical (unpaired) electrons.